The molecule has 32 heavy (non-hydrogen) atoms. The van der Waals surface area contributed by atoms with Crippen LogP contribution in [-0.2, 0) is 11.3 Å². The maximum atomic E-state index is 14.0. The molecule has 1 aliphatic carbocycles. The second-order valence-electron chi connectivity index (χ2n) is 9.25. The molecule has 1 aromatic heterocycles. The van der Waals surface area contributed by atoms with E-state index in [0.717, 1.165) is 31.4 Å². The fraction of sp³-hybridized carbons (Fsp3) is 0.520. The molecule has 2 heterocycles. The van der Waals surface area contributed by atoms with Gasteiger partial charge in [0.15, 0.2) is 0 Å². The van der Waals surface area contributed by atoms with Crippen LogP contribution in [0.15, 0.2) is 29.3 Å². The number of nitrogens with zero attached hydrogens (tertiary/aromatic N) is 2. The average molecular weight is 441 g/mol. The summed E-state index contributed by atoms with van der Waals surface area (Å²) in [6.07, 6.45) is 7.17. The Morgan fingerprint density at radius 3 is 2.47 bits per heavy atom. The number of carbonyl (C=O) groups excluding carboxylic acids is 1. The summed E-state index contributed by atoms with van der Waals surface area (Å²) >= 11 is 0. The van der Waals surface area contributed by atoms with Crippen molar-refractivity contribution in [3.05, 3.63) is 46.4 Å². The number of piperidine rings is 1. The lowest BCUT2D eigenvalue weighted by molar-refractivity contribution is 0.113. The lowest BCUT2D eigenvalue weighted by atomic mass is 9.86. The van der Waals surface area contributed by atoms with Crippen molar-refractivity contribution in [2.45, 2.75) is 71.1 Å². The summed E-state index contributed by atoms with van der Waals surface area (Å²) in [5, 5.41) is 8.59. The third kappa shape index (κ3) is 4.44. The van der Waals surface area contributed by atoms with Gasteiger partial charge in [-0.2, -0.15) is 0 Å². The number of fused-ring (bicyclic) bond motifs is 1. The van der Waals surface area contributed by atoms with Gasteiger partial charge in [-0.15, -0.1) is 0 Å². The highest BCUT2D eigenvalue weighted by Crippen LogP contribution is 2.36. The van der Waals surface area contributed by atoms with Gasteiger partial charge in [0.05, 0.1) is 5.69 Å². The molecule has 1 aliphatic heterocycles. The van der Waals surface area contributed by atoms with E-state index in [1.807, 2.05) is 0 Å². The Balaban J connectivity index is 1.56. The molecule has 2 fully saturated rings. The molecule has 4 rings (SSSR count). The van der Waals surface area contributed by atoms with Crippen LogP contribution in [-0.4, -0.2) is 40.9 Å². The van der Waals surface area contributed by atoms with Gasteiger partial charge in [0, 0.05) is 47.9 Å². The van der Waals surface area contributed by atoms with E-state index in [0.29, 0.717) is 22.7 Å². The first-order valence-electron chi connectivity index (χ1n) is 11.5. The van der Waals surface area contributed by atoms with E-state index in [9.17, 15) is 9.18 Å². The van der Waals surface area contributed by atoms with Crippen LogP contribution in [0.25, 0.3) is 10.9 Å². The van der Waals surface area contributed by atoms with E-state index in [2.05, 4.69) is 23.3 Å². The number of carbonyl (C=O) groups is 1. The van der Waals surface area contributed by atoms with Crippen LogP contribution in [0.4, 0.5) is 9.18 Å². The third-order valence-corrected chi connectivity index (χ3v) is 7.25. The molecule has 0 radical (unpaired) electrons. The first-order chi connectivity index (χ1) is 15.4. The van der Waals surface area contributed by atoms with Crippen LogP contribution in [0, 0.1) is 11.2 Å². The summed E-state index contributed by atoms with van der Waals surface area (Å²) in [5.41, 5.74) is 10.5. The molecule has 1 saturated carbocycles. The summed E-state index contributed by atoms with van der Waals surface area (Å²) in [4.78, 5) is 13.9. The average Bonchev–Trinajstić information content (AvgIpc) is 3.10. The smallest absolute Gasteiger partial charge is 0.404 e. The van der Waals surface area contributed by atoms with Crippen molar-refractivity contribution in [2.24, 2.45) is 5.73 Å². The SMILES string of the molecule is CC(C)=C1CCC(N2CCC(n3c(COC(N)=O)c(C=N)c4cc(F)ccc43)CC2)CC1. The number of aromatic nitrogens is 1. The molecular weight excluding hydrogens is 407 g/mol. The number of allylic oxidation sites excluding steroid dienone is 2. The molecule has 6 nitrogen and oxygen atoms in total. The molecule has 0 bridgehead atoms. The molecule has 2 aliphatic rings. The van der Waals surface area contributed by atoms with Gasteiger partial charge in [0.1, 0.15) is 12.4 Å². The molecular formula is C25H33FN4O2. The third-order valence-electron chi connectivity index (χ3n) is 7.25. The maximum absolute atomic E-state index is 14.0. The van der Waals surface area contributed by atoms with E-state index >= 15 is 0 Å². The summed E-state index contributed by atoms with van der Waals surface area (Å²) in [6, 6.07) is 5.52. The molecule has 7 heteroatoms. The van der Waals surface area contributed by atoms with Crippen molar-refractivity contribution in [2.75, 3.05) is 13.1 Å². The first kappa shape index (κ1) is 22.5. The predicted molar refractivity (Wildman–Crippen MR) is 125 cm³/mol. The van der Waals surface area contributed by atoms with E-state index < -0.39 is 6.09 Å². The minimum atomic E-state index is -0.855. The van der Waals surface area contributed by atoms with Crippen molar-refractivity contribution < 1.29 is 13.9 Å². The number of hydrogen-bond donors (Lipinski definition) is 2. The van der Waals surface area contributed by atoms with E-state index in [1.54, 1.807) is 11.6 Å². The minimum Gasteiger partial charge on any atom is -0.443 e. The summed E-state index contributed by atoms with van der Waals surface area (Å²) in [5.74, 6) is -0.344. The summed E-state index contributed by atoms with van der Waals surface area (Å²) in [7, 11) is 0. The fourth-order valence-electron chi connectivity index (χ4n) is 5.55. The minimum absolute atomic E-state index is 0.0231. The predicted octanol–water partition coefficient (Wildman–Crippen LogP) is 5.29. The number of nitrogens with two attached hydrogens (primary N) is 1. The fourth-order valence-corrected chi connectivity index (χ4v) is 5.55. The lowest BCUT2D eigenvalue weighted by Crippen LogP contribution is -2.43. The Labute approximate surface area is 188 Å². The topological polar surface area (TPSA) is 84.3 Å². The molecule has 2 aromatic rings. The van der Waals surface area contributed by atoms with Crippen LogP contribution < -0.4 is 5.73 Å². The van der Waals surface area contributed by atoms with Crippen molar-refractivity contribution in [3.63, 3.8) is 0 Å². The highest BCUT2D eigenvalue weighted by atomic mass is 19.1. The number of ether oxygens (including phenoxy) is 1. The number of rotatable bonds is 5. The quantitative estimate of drug-likeness (QED) is 0.489. The summed E-state index contributed by atoms with van der Waals surface area (Å²) < 4.78 is 21.2. The van der Waals surface area contributed by atoms with Gasteiger partial charge in [-0.05, 0) is 70.6 Å². The largest absolute Gasteiger partial charge is 0.443 e. The van der Waals surface area contributed by atoms with Gasteiger partial charge in [-0.3, -0.25) is 0 Å². The number of halogens is 1. The number of benzene rings is 1. The second kappa shape index (κ2) is 9.45. The van der Waals surface area contributed by atoms with Crippen LogP contribution in [0.5, 0.6) is 0 Å². The zero-order chi connectivity index (χ0) is 22.8. The van der Waals surface area contributed by atoms with Crippen LogP contribution >= 0.6 is 0 Å². The van der Waals surface area contributed by atoms with Gasteiger partial charge in [0.2, 0.25) is 0 Å². The molecule has 1 saturated heterocycles. The van der Waals surface area contributed by atoms with Crippen molar-refractivity contribution in [1.29, 1.82) is 5.41 Å². The molecule has 172 valence electrons. The van der Waals surface area contributed by atoms with Crippen molar-refractivity contribution in [1.82, 2.24) is 9.47 Å². The Kier molecular flexibility index (Phi) is 6.65. The van der Waals surface area contributed by atoms with Gasteiger partial charge in [-0.1, -0.05) is 11.1 Å². The van der Waals surface area contributed by atoms with Gasteiger partial charge >= 0.3 is 6.09 Å². The van der Waals surface area contributed by atoms with E-state index in [1.165, 1.54) is 49.6 Å². The monoisotopic (exact) mass is 440 g/mol. The van der Waals surface area contributed by atoms with E-state index in [4.69, 9.17) is 15.9 Å². The number of likely N-dealkylation sites (tertiary alicyclic amines) is 1. The Bertz CT molecular complexity index is 1040. The normalized spacial score (nSPS) is 20.5. The maximum Gasteiger partial charge on any atom is 0.404 e. The molecule has 0 spiro atoms. The van der Waals surface area contributed by atoms with Gasteiger partial charge in [0.25, 0.3) is 0 Å². The number of nitrogens with one attached hydrogen (secondary N) is 1. The highest BCUT2D eigenvalue weighted by molar-refractivity contribution is 6.00. The van der Waals surface area contributed by atoms with Crippen molar-refractivity contribution >= 4 is 23.2 Å². The molecule has 0 unspecified atom stereocenters. The summed E-state index contributed by atoms with van der Waals surface area (Å²) in [6.45, 7) is 6.43. The van der Waals surface area contributed by atoms with Crippen molar-refractivity contribution in [3.8, 4) is 0 Å². The van der Waals surface area contributed by atoms with E-state index in [-0.39, 0.29) is 18.5 Å². The molecule has 1 aromatic carbocycles. The Morgan fingerprint density at radius 2 is 1.88 bits per heavy atom. The van der Waals surface area contributed by atoms with Gasteiger partial charge in [-0.25, -0.2) is 9.18 Å². The zero-order valence-corrected chi connectivity index (χ0v) is 19.0. The van der Waals surface area contributed by atoms with Gasteiger partial charge < -0.3 is 25.3 Å². The second-order valence-corrected chi connectivity index (χ2v) is 9.25. The standard InChI is InChI=1S/C25H33FN4O2/c1-16(2)17-3-6-19(7-4-17)29-11-9-20(10-12-29)30-23-8-5-18(26)13-21(23)22(14-27)24(30)15-32-25(28)31/h5,8,13-14,19-20,27H,3-4,6-7,9-12,15H2,1-2H3,(H2,28,31). The number of primary amides is 1. The van der Waals surface area contributed by atoms with Crippen LogP contribution in [0.2, 0.25) is 0 Å². The molecule has 0 atom stereocenters. The highest BCUT2D eigenvalue weighted by Gasteiger charge is 2.30. The number of hydrogen-bond acceptors (Lipinski definition) is 4. The first-order valence-corrected chi connectivity index (χ1v) is 11.5. The van der Waals surface area contributed by atoms with Crippen LogP contribution in [0.1, 0.15) is 69.7 Å². The lowest BCUT2D eigenvalue weighted by Gasteiger charge is -2.40. The Hall–Kier alpha value is -2.67. The molecule has 3 N–H and O–H groups in total. The number of amides is 1. The van der Waals surface area contributed by atoms with Crippen LogP contribution in [0.3, 0.4) is 0 Å². The zero-order valence-electron chi connectivity index (χ0n) is 19.0. The Morgan fingerprint density at radius 1 is 1.19 bits per heavy atom. The molecule has 1 amide bonds.